The largest absolute Gasteiger partial charge is 0.372 e. The van der Waals surface area contributed by atoms with Gasteiger partial charge in [0.1, 0.15) is 11.6 Å². The summed E-state index contributed by atoms with van der Waals surface area (Å²) in [6.45, 7) is 1.60. The van der Waals surface area contributed by atoms with Crippen LogP contribution in [0.5, 0.6) is 0 Å². The standard InChI is InChI=1S/C23H27FN6O/c1-25-20-16(14-27-22(30-20)29-18-8-6-17(24)7-9-18)5-3-2-4-12-26-21(31)19-13-23(10-11-23)15-28-19/h6-9,14,19,28H,2,4,10-13,15H2,1H3,(H,26,31)(H2,25,27,29,30). The zero-order chi connectivity index (χ0) is 21.7. The molecule has 1 saturated heterocycles. The summed E-state index contributed by atoms with van der Waals surface area (Å²) in [7, 11) is 1.77. The van der Waals surface area contributed by atoms with E-state index in [0.717, 1.165) is 19.4 Å². The summed E-state index contributed by atoms with van der Waals surface area (Å²) in [5.41, 5.74) is 1.82. The second-order valence-electron chi connectivity index (χ2n) is 8.17. The van der Waals surface area contributed by atoms with Crippen molar-refractivity contribution in [2.24, 2.45) is 5.41 Å². The quantitative estimate of drug-likeness (QED) is 0.405. The fraction of sp³-hybridized carbons (Fsp3) is 0.435. The number of aromatic nitrogens is 2. The molecule has 8 heteroatoms. The number of rotatable bonds is 7. The Bertz CT molecular complexity index is 993. The first-order valence-corrected chi connectivity index (χ1v) is 10.6. The van der Waals surface area contributed by atoms with Crippen molar-refractivity contribution in [1.29, 1.82) is 0 Å². The minimum Gasteiger partial charge on any atom is -0.372 e. The third kappa shape index (κ3) is 5.50. The zero-order valence-corrected chi connectivity index (χ0v) is 17.6. The molecule has 2 aliphatic rings. The molecule has 2 heterocycles. The number of nitrogens with zero attached hydrogens (tertiary/aromatic N) is 2. The predicted octanol–water partition coefficient (Wildman–Crippen LogP) is 2.79. The van der Waals surface area contributed by atoms with Gasteiger partial charge in [-0.3, -0.25) is 4.79 Å². The number of hydrogen-bond acceptors (Lipinski definition) is 6. The van der Waals surface area contributed by atoms with Gasteiger partial charge in [0.15, 0.2) is 0 Å². The van der Waals surface area contributed by atoms with Crippen LogP contribution in [0.4, 0.5) is 21.8 Å². The Morgan fingerprint density at radius 2 is 2.13 bits per heavy atom. The van der Waals surface area contributed by atoms with Gasteiger partial charge < -0.3 is 21.3 Å². The van der Waals surface area contributed by atoms with Crippen LogP contribution in [-0.4, -0.2) is 42.1 Å². The molecule has 1 spiro atoms. The van der Waals surface area contributed by atoms with Gasteiger partial charge in [0.2, 0.25) is 11.9 Å². The van der Waals surface area contributed by atoms with Gasteiger partial charge in [-0.1, -0.05) is 11.8 Å². The second kappa shape index (κ2) is 9.31. The molecule has 1 aliphatic carbocycles. The summed E-state index contributed by atoms with van der Waals surface area (Å²) >= 11 is 0. The maximum atomic E-state index is 13.0. The van der Waals surface area contributed by atoms with Gasteiger partial charge in [0.05, 0.1) is 17.8 Å². The monoisotopic (exact) mass is 422 g/mol. The average molecular weight is 423 g/mol. The highest BCUT2D eigenvalue weighted by Gasteiger charge is 2.49. The molecule has 4 N–H and O–H groups in total. The van der Waals surface area contributed by atoms with E-state index in [2.05, 4.69) is 43.1 Å². The van der Waals surface area contributed by atoms with Crippen LogP contribution >= 0.6 is 0 Å². The number of halogens is 1. The SMILES string of the molecule is CNc1nc(Nc2ccc(F)cc2)ncc1C#CCCCNC(=O)C1CC2(CC2)CN1. The second-order valence-corrected chi connectivity index (χ2v) is 8.17. The lowest BCUT2D eigenvalue weighted by molar-refractivity contribution is -0.122. The van der Waals surface area contributed by atoms with Crippen molar-refractivity contribution in [2.75, 3.05) is 30.8 Å². The van der Waals surface area contributed by atoms with Crippen LogP contribution in [0.2, 0.25) is 0 Å². The molecule has 162 valence electrons. The van der Waals surface area contributed by atoms with E-state index in [1.165, 1.54) is 25.0 Å². The molecule has 1 aliphatic heterocycles. The number of unbranched alkanes of at least 4 members (excludes halogenated alkanes) is 1. The fourth-order valence-corrected chi connectivity index (χ4v) is 3.72. The molecular formula is C23H27FN6O. The first-order valence-electron chi connectivity index (χ1n) is 10.6. The van der Waals surface area contributed by atoms with Gasteiger partial charge >= 0.3 is 0 Å². The minimum atomic E-state index is -0.297. The van der Waals surface area contributed by atoms with Crippen molar-refractivity contribution in [2.45, 2.75) is 38.1 Å². The Morgan fingerprint density at radius 1 is 1.32 bits per heavy atom. The van der Waals surface area contributed by atoms with Gasteiger partial charge in [0.25, 0.3) is 0 Å². The number of amides is 1. The van der Waals surface area contributed by atoms with Crippen LogP contribution in [0, 0.1) is 23.1 Å². The Labute approximate surface area is 181 Å². The number of anilines is 3. The van der Waals surface area contributed by atoms with E-state index in [-0.39, 0.29) is 17.8 Å². The maximum absolute atomic E-state index is 13.0. The van der Waals surface area contributed by atoms with Crippen molar-refractivity contribution in [1.82, 2.24) is 20.6 Å². The summed E-state index contributed by atoms with van der Waals surface area (Å²) < 4.78 is 13.0. The molecule has 2 aromatic rings. The summed E-state index contributed by atoms with van der Waals surface area (Å²) in [6, 6.07) is 5.95. The molecule has 1 amide bonds. The first-order chi connectivity index (χ1) is 15.1. The zero-order valence-electron chi connectivity index (χ0n) is 17.6. The molecule has 4 rings (SSSR count). The molecule has 1 atom stereocenters. The normalized spacial score (nSPS) is 18.2. The summed E-state index contributed by atoms with van der Waals surface area (Å²) in [5.74, 6) is 7.02. The Kier molecular flexibility index (Phi) is 6.33. The van der Waals surface area contributed by atoms with Crippen LogP contribution in [0.3, 0.4) is 0 Å². The minimum absolute atomic E-state index is 0.0362. The summed E-state index contributed by atoms with van der Waals surface area (Å²) in [5, 5.41) is 12.4. The Balaban J connectivity index is 1.23. The van der Waals surface area contributed by atoms with Gasteiger partial charge in [-0.05, 0) is 55.4 Å². The lowest BCUT2D eigenvalue weighted by Crippen LogP contribution is -2.40. The van der Waals surface area contributed by atoms with Crippen LogP contribution in [0.1, 0.15) is 37.7 Å². The molecule has 1 saturated carbocycles. The third-order valence-electron chi connectivity index (χ3n) is 5.76. The number of hydrogen-bond donors (Lipinski definition) is 4. The molecule has 2 fully saturated rings. The average Bonchev–Trinajstić information content (AvgIpc) is 3.40. The fourth-order valence-electron chi connectivity index (χ4n) is 3.72. The highest BCUT2D eigenvalue weighted by Crippen LogP contribution is 2.51. The van der Waals surface area contributed by atoms with Crippen molar-refractivity contribution in [3.63, 3.8) is 0 Å². The van der Waals surface area contributed by atoms with Gasteiger partial charge in [-0.15, -0.1) is 0 Å². The molecular weight excluding hydrogens is 395 g/mol. The van der Waals surface area contributed by atoms with Crippen LogP contribution in [0.15, 0.2) is 30.5 Å². The first kappa shape index (κ1) is 21.1. The van der Waals surface area contributed by atoms with Crippen molar-refractivity contribution < 1.29 is 9.18 Å². The highest BCUT2D eigenvalue weighted by atomic mass is 19.1. The van der Waals surface area contributed by atoms with Gasteiger partial charge in [-0.2, -0.15) is 4.98 Å². The highest BCUT2D eigenvalue weighted by molar-refractivity contribution is 5.82. The van der Waals surface area contributed by atoms with Gasteiger partial charge in [-0.25, -0.2) is 9.37 Å². The molecule has 1 unspecified atom stereocenters. The van der Waals surface area contributed by atoms with E-state index in [1.807, 2.05) is 0 Å². The topological polar surface area (TPSA) is 91.0 Å². The van der Waals surface area contributed by atoms with Crippen molar-refractivity contribution >= 4 is 23.4 Å². The molecule has 7 nitrogen and oxygen atoms in total. The van der Waals surface area contributed by atoms with Crippen LogP contribution in [0.25, 0.3) is 0 Å². The lowest BCUT2D eigenvalue weighted by atomic mass is 10.0. The molecule has 0 bridgehead atoms. The van der Waals surface area contributed by atoms with E-state index in [0.29, 0.717) is 41.4 Å². The van der Waals surface area contributed by atoms with E-state index in [4.69, 9.17) is 0 Å². The Morgan fingerprint density at radius 3 is 2.84 bits per heavy atom. The number of nitrogens with one attached hydrogen (secondary N) is 4. The molecule has 1 aromatic carbocycles. The smallest absolute Gasteiger partial charge is 0.237 e. The summed E-state index contributed by atoms with van der Waals surface area (Å²) in [6.07, 6.45) is 6.58. The van der Waals surface area contributed by atoms with E-state index in [1.54, 1.807) is 25.4 Å². The number of benzene rings is 1. The lowest BCUT2D eigenvalue weighted by Gasteiger charge is -2.10. The van der Waals surface area contributed by atoms with Gasteiger partial charge in [0, 0.05) is 32.2 Å². The summed E-state index contributed by atoms with van der Waals surface area (Å²) in [4.78, 5) is 20.9. The molecule has 0 radical (unpaired) electrons. The van der Waals surface area contributed by atoms with E-state index >= 15 is 0 Å². The number of carbonyl (C=O) groups excluding carboxylic acids is 1. The maximum Gasteiger partial charge on any atom is 0.237 e. The molecule has 1 aromatic heterocycles. The van der Waals surface area contributed by atoms with E-state index < -0.39 is 0 Å². The van der Waals surface area contributed by atoms with E-state index in [9.17, 15) is 9.18 Å². The molecule has 31 heavy (non-hydrogen) atoms. The third-order valence-corrected chi connectivity index (χ3v) is 5.76. The predicted molar refractivity (Wildman–Crippen MR) is 118 cm³/mol. The van der Waals surface area contributed by atoms with Crippen molar-refractivity contribution in [3.05, 3.63) is 41.8 Å². The van der Waals surface area contributed by atoms with Crippen molar-refractivity contribution in [3.8, 4) is 11.8 Å². The Hall–Kier alpha value is -3.18. The number of carbonyl (C=O) groups is 1. The van der Waals surface area contributed by atoms with Crippen LogP contribution in [-0.2, 0) is 4.79 Å². The van der Waals surface area contributed by atoms with Crippen LogP contribution < -0.4 is 21.3 Å².